The molecule has 1 aliphatic rings. The Morgan fingerprint density at radius 1 is 1.28 bits per heavy atom. The summed E-state index contributed by atoms with van der Waals surface area (Å²) in [6.07, 6.45) is 6.62. The van der Waals surface area contributed by atoms with Crippen molar-refractivity contribution < 1.29 is 19.3 Å². The van der Waals surface area contributed by atoms with Gasteiger partial charge in [0.15, 0.2) is 6.29 Å². The lowest BCUT2D eigenvalue weighted by Gasteiger charge is -2.12. The minimum absolute atomic E-state index is 0.0105. The largest absolute Gasteiger partial charge is 0.391 e. The summed E-state index contributed by atoms with van der Waals surface area (Å²) in [6, 6.07) is 0. The van der Waals surface area contributed by atoms with Crippen molar-refractivity contribution in [2.24, 2.45) is 0 Å². The van der Waals surface area contributed by atoms with Crippen molar-refractivity contribution in [3.8, 4) is 0 Å². The highest BCUT2D eigenvalue weighted by Gasteiger charge is 2.25. The lowest BCUT2D eigenvalue weighted by atomic mass is 10.1. The van der Waals surface area contributed by atoms with Crippen LogP contribution < -0.4 is 0 Å². The van der Waals surface area contributed by atoms with E-state index < -0.39 is 6.10 Å². The molecule has 0 bridgehead atoms. The van der Waals surface area contributed by atoms with Crippen LogP contribution in [0, 0.1) is 0 Å². The summed E-state index contributed by atoms with van der Waals surface area (Å²) in [4.78, 5) is 0. The lowest BCUT2D eigenvalue weighted by molar-refractivity contribution is -0.0680. The predicted molar refractivity (Wildman–Crippen MR) is 70.5 cm³/mol. The summed E-state index contributed by atoms with van der Waals surface area (Å²) in [5.41, 5.74) is 0. The Labute approximate surface area is 111 Å². The van der Waals surface area contributed by atoms with E-state index in [1.165, 1.54) is 25.7 Å². The second kappa shape index (κ2) is 9.73. The van der Waals surface area contributed by atoms with E-state index >= 15 is 0 Å². The number of hydrogen-bond donors (Lipinski definition) is 1. The summed E-state index contributed by atoms with van der Waals surface area (Å²) in [6.45, 7) is 5.64. The molecule has 1 aliphatic heterocycles. The molecule has 0 aromatic heterocycles. The zero-order valence-corrected chi connectivity index (χ0v) is 11.8. The molecule has 0 aromatic carbocycles. The van der Waals surface area contributed by atoms with Gasteiger partial charge in [-0.25, -0.2) is 0 Å². The van der Waals surface area contributed by atoms with Gasteiger partial charge < -0.3 is 19.3 Å². The van der Waals surface area contributed by atoms with E-state index in [9.17, 15) is 0 Å². The Hall–Kier alpha value is -0.160. The van der Waals surface area contributed by atoms with E-state index in [1.807, 2.05) is 0 Å². The highest BCUT2D eigenvalue weighted by molar-refractivity contribution is 4.65. The fourth-order valence-electron chi connectivity index (χ4n) is 2.02. The summed E-state index contributed by atoms with van der Waals surface area (Å²) < 4.78 is 16.7. The van der Waals surface area contributed by atoms with Crippen LogP contribution in [0.2, 0.25) is 0 Å². The molecular weight excluding hydrogens is 232 g/mol. The van der Waals surface area contributed by atoms with Gasteiger partial charge >= 0.3 is 0 Å². The van der Waals surface area contributed by atoms with Crippen molar-refractivity contribution >= 4 is 0 Å². The first kappa shape index (κ1) is 15.9. The van der Waals surface area contributed by atoms with E-state index in [2.05, 4.69) is 6.92 Å². The van der Waals surface area contributed by atoms with Crippen molar-refractivity contribution in [1.82, 2.24) is 0 Å². The van der Waals surface area contributed by atoms with Gasteiger partial charge in [-0.2, -0.15) is 0 Å². The lowest BCUT2D eigenvalue weighted by Crippen LogP contribution is -2.17. The van der Waals surface area contributed by atoms with Crippen LogP contribution >= 0.6 is 0 Å². The third kappa shape index (κ3) is 7.31. The van der Waals surface area contributed by atoms with Crippen LogP contribution in [0.1, 0.15) is 52.4 Å². The van der Waals surface area contributed by atoms with Gasteiger partial charge in [0.2, 0.25) is 0 Å². The van der Waals surface area contributed by atoms with Crippen LogP contribution in [-0.4, -0.2) is 43.4 Å². The molecule has 0 aliphatic carbocycles. The average molecular weight is 260 g/mol. The SMILES string of the molecule is CCCCCC[C@@H]1OC[C@@H](CCOCC(C)O)O1. The highest BCUT2D eigenvalue weighted by atomic mass is 16.7. The van der Waals surface area contributed by atoms with Gasteiger partial charge in [-0.1, -0.05) is 26.2 Å². The fraction of sp³-hybridized carbons (Fsp3) is 1.00. The second-order valence-electron chi connectivity index (χ2n) is 5.08. The van der Waals surface area contributed by atoms with Crippen molar-refractivity contribution in [2.75, 3.05) is 19.8 Å². The molecular formula is C14H28O4. The Kier molecular flexibility index (Phi) is 8.59. The predicted octanol–water partition coefficient (Wildman–Crippen LogP) is 2.49. The van der Waals surface area contributed by atoms with Gasteiger partial charge in [-0.15, -0.1) is 0 Å². The summed E-state index contributed by atoms with van der Waals surface area (Å²) >= 11 is 0. The molecule has 1 heterocycles. The average Bonchev–Trinajstić information content (AvgIpc) is 2.78. The molecule has 4 nitrogen and oxygen atoms in total. The van der Waals surface area contributed by atoms with Crippen LogP contribution in [0.25, 0.3) is 0 Å². The van der Waals surface area contributed by atoms with E-state index in [0.717, 1.165) is 12.8 Å². The molecule has 0 radical (unpaired) electrons. The second-order valence-corrected chi connectivity index (χ2v) is 5.08. The summed E-state index contributed by atoms with van der Waals surface area (Å²) in [5, 5.41) is 9.05. The first-order chi connectivity index (χ1) is 8.72. The van der Waals surface area contributed by atoms with Gasteiger partial charge in [0, 0.05) is 6.61 Å². The van der Waals surface area contributed by atoms with E-state index in [4.69, 9.17) is 19.3 Å². The van der Waals surface area contributed by atoms with E-state index in [1.54, 1.807) is 6.92 Å². The van der Waals surface area contributed by atoms with Crippen molar-refractivity contribution in [2.45, 2.75) is 70.9 Å². The molecule has 1 N–H and O–H groups in total. The molecule has 108 valence electrons. The molecule has 0 aromatic rings. The Morgan fingerprint density at radius 2 is 2.11 bits per heavy atom. The fourth-order valence-corrected chi connectivity index (χ4v) is 2.02. The number of aliphatic hydroxyl groups excluding tert-OH is 1. The third-order valence-electron chi connectivity index (χ3n) is 3.05. The molecule has 1 unspecified atom stereocenters. The number of rotatable bonds is 10. The van der Waals surface area contributed by atoms with Gasteiger partial charge in [0.1, 0.15) is 0 Å². The van der Waals surface area contributed by atoms with Crippen molar-refractivity contribution in [3.05, 3.63) is 0 Å². The summed E-state index contributed by atoms with van der Waals surface area (Å²) in [7, 11) is 0. The number of aliphatic hydroxyl groups is 1. The molecule has 1 fully saturated rings. The van der Waals surface area contributed by atoms with Crippen LogP contribution in [-0.2, 0) is 14.2 Å². The quantitative estimate of drug-likeness (QED) is 0.613. The van der Waals surface area contributed by atoms with Crippen LogP contribution in [0.5, 0.6) is 0 Å². The molecule has 1 rings (SSSR count). The molecule has 1 saturated heterocycles. The molecule has 3 atom stereocenters. The van der Waals surface area contributed by atoms with Gasteiger partial charge in [0.05, 0.1) is 25.4 Å². The van der Waals surface area contributed by atoms with Crippen LogP contribution in [0.4, 0.5) is 0 Å². The monoisotopic (exact) mass is 260 g/mol. The zero-order valence-electron chi connectivity index (χ0n) is 11.8. The molecule has 0 amide bonds. The highest BCUT2D eigenvalue weighted by Crippen LogP contribution is 2.19. The van der Waals surface area contributed by atoms with E-state index in [-0.39, 0.29) is 12.4 Å². The van der Waals surface area contributed by atoms with Crippen LogP contribution in [0.3, 0.4) is 0 Å². The maximum Gasteiger partial charge on any atom is 0.158 e. The third-order valence-corrected chi connectivity index (χ3v) is 3.05. The minimum atomic E-state index is -0.392. The Balaban J connectivity index is 1.96. The van der Waals surface area contributed by atoms with Gasteiger partial charge in [0.25, 0.3) is 0 Å². The molecule has 4 heteroatoms. The summed E-state index contributed by atoms with van der Waals surface area (Å²) in [5.74, 6) is 0. The molecule has 0 saturated carbocycles. The zero-order chi connectivity index (χ0) is 13.2. The maximum atomic E-state index is 9.05. The normalized spacial score (nSPS) is 25.5. The minimum Gasteiger partial charge on any atom is -0.391 e. The Morgan fingerprint density at radius 3 is 2.83 bits per heavy atom. The van der Waals surface area contributed by atoms with Crippen molar-refractivity contribution in [1.29, 1.82) is 0 Å². The van der Waals surface area contributed by atoms with Crippen LogP contribution in [0.15, 0.2) is 0 Å². The smallest absolute Gasteiger partial charge is 0.158 e. The van der Waals surface area contributed by atoms with Gasteiger partial charge in [-0.05, 0) is 26.2 Å². The maximum absolute atomic E-state index is 9.05. The van der Waals surface area contributed by atoms with Crippen molar-refractivity contribution in [3.63, 3.8) is 0 Å². The molecule has 0 spiro atoms. The molecule has 18 heavy (non-hydrogen) atoms. The van der Waals surface area contributed by atoms with E-state index in [0.29, 0.717) is 19.8 Å². The van der Waals surface area contributed by atoms with Gasteiger partial charge in [-0.3, -0.25) is 0 Å². The number of hydrogen-bond acceptors (Lipinski definition) is 4. The Bertz CT molecular complexity index is 196. The topological polar surface area (TPSA) is 47.9 Å². The standard InChI is InChI=1S/C14H28O4/c1-3-4-5-6-7-14-17-11-13(18-14)8-9-16-10-12(2)15/h12-15H,3-11H2,1-2H3/t12?,13-,14-/m1/s1. The first-order valence-corrected chi connectivity index (χ1v) is 7.25. The number of unbranched alkanes of at least 4 members (excludes halogenated alkanes) is 3. The number of ether oxygens (including phenoxy) is 3. The first-order valence-electron chi connectivity index (χ1n) is 7.25.